The summed E-state index contributed by atoms with van der Waals surface area (Å²) in [6.45, 7) is 8.77. The van der Waals surface area contributed by atoms with Gasteiger partial charge in [-0.25, -0.2) is 0 Å². The van der Waals surface area contributed by atoms with Crippen LogP contribution in [0.25, 0.3) is 11.1 Å². The van der Waals surface area contributed by atoms with E-state index in [9.17, 15) is 9.59 Å². The number of nitrogens with one attached hydrogen (secondary N) is 2. The minimum Gasteiger partial charge on any atom is -0.356 e. The number of amides is 2. The van der Waals surface area contributed by atoms with Gasteiger partial charge in [-0.3, -0.25) is 9.59 Å². The molecule has 0 fully saturated rings. The quantitative estimate of drug-likeness (QED) is 0.0520. The molecule has 1 aliphatic rings. The van der Waals surface area contributed by atoms with Crippen molar-refractivity contribution in [3.8, 4) is 0 Å². The normalized spacial score (nSPS) is 15.3. The van der Waals surface area contributed by atoms with Gasteiger partial charge in [-0.05, 0) is 62.8 Å². The summed E-state index contributed by atoms with van der Waals surface area (Å²) < 4.78 is 92.8. The second-order valence-electron chi connectivity index (χ2n) is 18.8. The Morgan fingerprint density at radius 3 is 0.985 bits per heavy atom. The van der Waals surface area contributed by atoms with E-state index >= 15 is 26.3 Å². The number of hydrogen-bond donors (Lipinski definition) is 2. The first-order valence-corrected chi connectivity index (χ1v) is 27.4. The number of thiophene rings is 2. The van der Waals surface area contributed by atoms with Crippen molar-refractivity contribution in [2.45, 2.75) is 251 Å². The van der Waals surface area contributed by atoms with Gasteiger partial charge in [0, 0.05) is 45.4 Å². The van der Waals surface area contributed by atoms with Crippen molar-refractivity contribution in [2.75, 3.05) is 13.1 Å². The molecule has 0 aliphatic heterocycles. The molecule has 0 unspecified atom stereocenters. The monoisotopic (exact) mass is 959 g/mol. The van der Waals surface area contributed by atoms with Gasteiger partial charge in [0.1, 0.15) is 0 Å². The predicted molar refractivity (Wildman–Crippen MR) is 263 cm³/mol. The average Bonchev–Trinajstić information content (AvgIpc) is 3.85. The zero-order valence-corrected chi connectivity index (χ0v) is 42.2. The summed E-state index contributed by atoms with van der Waals surface area (Å²) in [4.78, 5) is 25.7. The number of carbonyl (C=O) groups excluding carboxylic acids is 2. The third-order valence-corrected chi connectivity index (χ3v) is 15.7. The highest BCUT2D eigenvalue weighted by atomic mass is 32.1. The Labute approximate surface area is 397 Å². The maximum Gasteiger partial charge on any atom is 0.380 e. The predicted octanol–water partition coefficient (Wildman–Crippen LogP) is 17.3. The van der Waals surface area contributed by atoms with Gasteiger partial charge in [-0.1, -0.05) is 181 Å². The van der Waals surface area contributed by atoms with E-state index < -0.39 is 28.9 Å². The highest BCUT2D eigenvalue weighted by Gasteiger charge is 2.80. The zero-order chi connectivity index (χ0) is 47.6. The smallest absolute Gasteiger partial charge is 0.356 e. The van der Waals surface area contributed by atoms with E-state index in [0.717, 1.165) is 61.2 Å². The standard InChI is InChI=1S/C53H84F6N2O2S2/c1-5-7-9-11-13-15-17-19-21-23-25-27-29-31-37-60-47(62)35-33-43-41(3)39-45(64-43)49-50(52(56,57)53(58,59)51(49,54)55)46-40-42(4)44(65-46)34-36-48(63)61-38-32-30-28-26-24-22-20-18-16-14-12-10-8-6-2/h39-40H,5-38H2,1-4H3,(H,60,62)(H,61,63). The fraction of sp³-hybridized carbons (Fsp3) is 0.774. The zero-order valence-electron chi connectivity index (χ0n) is 40.6. The second-order valence-corrected chi connectivity index (χ2v) is 21.1. The number of halogens is 6. The van der Waals surface area contributed by atoms with Crippen LogP contribution in [0.1, 0.15) is 237 Å². The van der Waals surface area contributed by atoms with Crippen LogP contribution in [-0.2, 0) is 22.4 Å². The van der Waals surface area contributed by atoms with Crippen molar-refractivity contribution in [1.29, 1.82) is 0 Å². The van der Waals surface area contributed by atoms with Crippen molar-refractivity contribution < 1.29 is 35.9 Å². The Hall–Kier alpha value is -2.34. The van der Waals surface area contributed by atoms with E-state index in [-0.39, 0.29) is 47.3 Å². The number of aryl methyl sites for hydroxylation is 4. The summed E-state index contributed by atoms with van der Waals surface area (Å²) in [6.07, 6.45) is 35.1. The molecule has 3 rings (SSSR count). The van der Waals surface area contributed by atoms with Gasteiger partial charge in [-0.15, -0.1) is 22.7 Å². The molecular formula is C53H84F6N2O2S2. The molecule has 2 aromatic rings. The van der Waals surface area contributed by atoms with Crippen LogP contribution in [0.2, 0.25) is 0 Å². The molecule has 372 valence electrons. The van der Waals surface area contributed by atoms with Crippen LogP contribution >= 0.6 is 22.7 Å². The van der Waals surface area contributed by atoms with E-state index in [1.165, 1.54) is 153 Å². The molecule has 4 nitrogen and oxygen atoms in total. The number of carbonyl (C=O) groups is 2. The number of alkyl halides is 6. The Morgan fingerprint density at radius 1 is 0.446 bits per heavy atom. The molecule has 2 aromatic heterocycles. The second kappa shape index (κ2) is 30.9. The lowest BCUT2D eigenvalue weighted by Gasteiger charge is -2.25. The third kappa shape index (κ3) is 18.9. The van der Waals surface area contributed by atoms with E-state index in [1.54, 1.807) is 13.8 Å². The van der Waals surface area contributed by atoms with Crippen LogP contribution in [0.3, 0.4) is 0 Å². The molecule has 2 amide bonds. The maximum absolute atomic E-state index is 15.6. The highest BCUT2D eigenvalue weighted by Crippen LogP contribution is 2.66. The van der Waals surface area contributed by atoms with E-state index in [1.807, 2.05) is 0 Å². The molecule has 0 spiro atoms. The average molecular weight is 959 g/mol. The Bertz CT molecular complexity index is 1570. The van der Waals surface area contributed by atoms with Crippen LogP contribution in [-0.4, -0.2) is 42.7 Å². The summed E-state index contributed by atoms with van der Waals surface area (Å²) in [5, 5.41) is 5.82. The van der Waals surface area contributed by atoms with Gasteiger partial charge < -0.3 is 10.6 Å². The van der Waals surface area contributed by atoms with Gasteiger partial charge >= 0.3 is 17.8 Å². The molecule has 12 heteroatoms. The van der Waals surface area contributed by atoms with Crippen molar-refractivity contribution in [3.05, 3.63) is 42.8 Å². The molecule has 2 N–H and O–H groups in total. The summed E-state index contributed by atoms with van der Waals surface area (Å²) in [5.74, 6) is -16.3. The largest absolute Gasteiger partial charge is 0.380 e. The van der Waals surface area contributed by atoms with Crippen LogP contribution in [0.4, 0.5) is 26.3 Å². The van der Waals surface area contributed by atoms with Crippen LogP contribution in [0.5, 0.6) is 0 Å². The van der Waals surface area contributed by atoms with E-state index in [4.69, 9.17) is 0 Å². The molecule has 0 saturated heterocycles. The molecule has 1 aliphatic carbocycles. The van der Waals surface area contributed by atoms with E-state index in [2.05, 4.69) is 24.5 Å². The van der Waals surface area contributed by atoms with Crippen molar-refractivity contribution in [3.63, 3.8) is 0 Å². The highest BCUT2D eigenvalue weighted by molar-refractivity contribution is 7.14. The summed E-state index contributed by atoms with van der Waals surface area (Å²) in [7, 11) is 0. The molecule has 0 saturated carbocycles. The Morgan fingerprint density at radius 2 is 0.708 bits per heavy atom. The van der Waals surface area contributed by atoms with Gasteiger partial charge in [0.25, 0.3) is 0 Å². The third-order valence-electron chi connectivity index (χ3n) is 13.1. The van der Waals surface area contributed by atoms with E-state index in [0.29, 0.717) is 34.0 Å². The van der Waals surface area contributed by atoms with Crippen molar-refractivity contribution in [2.24, 2.45) is 0 Å². The molecule has 0 radical (unpaired) electrons. The Balaban J connectivity index is 1.44. The summed E-state index contributed by atoms with van der Waals surface area (Å²) >= 11 is 1.53. The Kier molecular flexibility index (Phi) is 27.1. The van der Waals surface area contributed by atoms with Gasteiger partial charge in [0.2, 0.25) is 11.8 Å². The van der Waals surface area contributed by atoms with Gasteiger partial charge in [-0.2, -0.15) is 26.3 Å². The van der Waals surface area contributed by atoms with Crippen LogP contribution in [0.15, 0.2) is 12.1 Å². The molecular weight excluding hydrogens is 875 g/mol. The SMILES string of the molecule is CCCCCCCCCCCCCCCCNC(=O)CCc1sc(C2=C(c3cc(C)c(CCC(=O)NCCCCCCCCCCCCCCCC)s3)C(F)(F)C(F)(F)C2(F)F)cc1C. The maximum atomic E-state index is 15.6. The minimum atomic E-state index is -5.65. The minimum absolute atomic E-state index is 0.0640. The first-order chi connectivity index (χ1) is 31.2. The topological polar surface area (TPSA) is 58.2 Å². The first-order valence-electron chi connectivity index (χ1n) is 25.8. The number of rotatable bonds is 38. The van der Waals surface area contributed by atoms with Gasteiger partial charge in [0.15, 0.2) is 0 Å². The lowest BCUT2D eigenvalue weighted by molar-refractivity contribution is -0.254. The molecule has 2 heterocycles. The molecule has 0 aromatic carbocycles. The number of allylic oxidation sites excluding steroid dienone is 2. The number of unbranched alkanes of at least 4 members (excludes halogenated alkanes) is 26. The van der Waals surface area contributed by atoms with Gasteiger partial charge in [0.05, 0.1) is 11.1 Å². The van der Waals surface area contributed by atoms with Crippen molar-refractivity contribution >= 4 is 45.6 Å². The van der Waals surface area contributed by atoms with Crippen molar-refractivity contribution in [1.82, 2.24) is 10.6 Å². The lowest BCUT2D eigenvalue weighted by Crippen LogP contribution is -2.48. The fourth-order valence-electron chi connectivity index (χ4n) is 8.89. The summed E-state index contributed by atoms with van der Waals surface area (Å²) in [6, 6.07) is 2.52. The number of hydrogen-bond acceptors (Lipinski definition) is 4. The van der Waals surface area contributed by atoms with Crippen LogP contribution in [0, 0.1) is 13.8 Å². The molecule has 0 bridgehead atoms. The fourth-order valence-corrected chi connectivity index (χ4v) is 11.4. The molecule has 0 atom stereocenters. The van der Waals surface area contributed by atoms with Crippen LogP contribution < -0.4 is 10.6 Å². The molecule has 65 heavy (non-hydrogen) atoms. The lowest BCUT2D eigenvalue weighted by atomic mass is 10.0. The summed E-state index contributed by atoms with van der Waals surface area (Å²) in [5.41, 5.74) is -1.77. The first kappa shape index (κ1) is 57.0.